The van der Waals surface area contributed by atoms with Gasteiger partial charge in [0, 0.05) is 18.2 Å². The number of carbonyl (C=O) groups excluding carboxylic acids is 1. The number of amides is 1. The van der Waals surface area contributed by atoms with Gasteiger partial charge in [-0.2, -0.15) is 0 Å². The molecule has 0 bridgehead atoms. The van der Waals surface area contributed by atoms with Crippen molar-refractivity contribution in [2.45, 2.75) is 0 Å². The van der Waals surface area contributed by atoms with Crippen molar-refractivity contribution in [2.24, 2.45) is 0 Å². The van der Waals surface area contributed by atoms with E-state index in [2.05, 4.69) is 0 Å². The molecule has 100 valence electrons. The lowest BCUT2D eigenvalue weighted by molar-refractivity contribution is 0.0875. The summed E-state index contributed by atoms with van der Waals surface area (Å²) < 4.78 is 5.15. The number of rotatable bonds is 2. The van der Waals surface area contributed by atoms with Crippen LogP contribution in [-0.2, 0) is 0 Å². The molecule has 2 aromatic rings. The molecule has 0 saturated heterocycles. The summed E-state index contributed by atoms with van der Waals surface area (Å²) in [7, 11) is 3.45. The first kappa shape index (κ1) is 12.5. The second-order valence-electron chi connectivity index (χ2n) is 4.71. The average Bonchev–Trinajstić information content (AvgIpc) is 2.74. The smallest absolute Gasteiger partial charge is 0.258 e. The maximum Gasteiger partial charge on any atom is 0.258 e. The molecule has 0 radical (unpaired) electrons. The Hall–Kier alpha value is -2.55. The fourth-order valence-electron chi connectivity index (χ4n) is 2.40. The molecule has 1 aliphatic rings. The van der Waals surface area contributed by atoms with Gasteiger partial charge in [-0.25, -0.2) is 0 Å². The number of hydrogen-bond acceptors (Lipinski definition) is 2. The normalized spacial score (nSPS) is 15.6. The van der Waals surface area contributed by atoms with Crippen molar-refractivity contribution in [1.29, 1.82) is 0 Å². The Kier molecular flexibility index (Phi) is 3.03. The summed E-state index contributed by atoms with van der Waals surface area (Å²) >= 11 is 0. The van der Waals surface area contributed by atoms with Crippen LogP contribution < -0.4 is 4.74 Å². The number of methoxy groups -OCH3 is 1. The van der Waals surface area contributed by atoms with Crippen LogP contribution >= 0.6 is 0 Å². The molecule has 0 aliphatic carbocycles. The van der Waals surface area contributed by atoms with Crippen molar-refractivity contribution < 1.29 is 9.53 Å². The fraction of sp³-hybridized carbons (Fsp3) is 0.118. The van der Waals surface area contributed by atoms with E-state index in [-0.39, 0.29) is 5.91 Å². The van der Waals surface area contributed by atoms with Crippen LogP contribution in [0.2, 0.25) is 0 Å². The summed E-state index contributed by atoms with van der Waals surface area (Å²) in [6.45, 7) is 0. The minimum absolute atomic E-state index is 0.0420. The second-order valence-corrected chi connectivity index (χ2v) is 4.71. The topological polar surface area (TPSA) is 29.5 Å². The monoisotopic (exact) mass is 265 g/mol. The van der Waals surface area contributed by atoms with Gasteiger partial charge < -0.3 is 9.64 Å². The predicted molar refractivity (Wildman–Crippen MR) is 79.4 cm³/mol. The quantitative estimate of drug-likeness (QED) is 0.834. The number of hydrogen-bond donors (Lipinski definition) is 0. The molecule has 1 heterocycles. The molecule has 0 unspecified atom stereocenters. The molecule has 1 aliphatic heterocycles. The lowest BCUT2D eigenvalue weighted by atomic mass is 10.1. The number of carbonyl (C=O) groups is 1. The van der Waals surface area contributed by atoms with Crippen LogP contribution in [0.5, 0.6) is 5.75 Å². The van der Waals surface area contributed by atoms with E-state index in [9.17, 15) is 4.79 Å². The van der Waals surface area contributed by atoms with Gasteiger partial charge in [-0.05, 0) is 29.8 Å². The Bertz CT molecular complexity index is 686. The van der Waals surface area contributed by atoms with Gasteiger partial charge >= 0.3 is 0 Å². The molecule has 0 aromatic heterocycles. The summed E-state index contributed by atoms with van der Waals surface area (Å²) in [4.78, 5) is 13.9. The summed E-state index contributed by atoms with van der Waals surface area (Å²) in [6, 6.07) is 15.5. The van der Waals surface area contributed by atoms with Crippen LogP contribution in [0.1, 0.15) is 21.5 Å². The van der Waals surface area contributed by atoms with Gasteiger partial charge in [-0.3, -0.25) is 4.79 Å². The molecule has 1 amide bonds. The predicted octanol–water partition coefficient (Wildman–Crippen LogP) is 3.28. The third kappa shape index (κ3) is 1.97. The molecule has 3 heteroatoms. The van der Waals surface area contributed by atoms with Crippen LogP contribution in [0.15, 0.2) is 48.5 Å². The van der Waals surface area contributed by atoms with Crippen molar-refractivity contribution in [3.63, 3.8) is 0 Å². The zero-order chi connectivity index (χ0) is 14.1. The molecule has 0 spiro atoms. The summed E-state index contributed by atoms with van der Waals surface area (Å²) in [5, 5.41) is 0. The van der Waals surface area contributed by atoms with E-state index in [0.29, 0.717) is 0 Å². The van der Waals surface area contributed by atoms with Crippen LogP contribution in [0.3, 0.4) is 0 Å². The largest absolute Gasteiger partial charge is 0.497 e. The third-order valence-corrected chi connectivity index (χ3v) is 3.52. The first-order chi connectivity index (χ1) is 9.70. The zero-order valence-electron chi connectivity index (χ0n) is 11.5. The van der Waals surface area contributed by atoms with E-state index in [1.165, 1.54) is 0 Å². The SMILES string of the molecule is COc1ccc(/C=C2\c3ccccc3C(=O)N2C)cc1. The Balaban J connectivity index is 2.04. The van der Waals surface area contributed by atoms with Crippen molar-refractivity contribution in [3.8, 4) is 5.75 Å². The maximum absolute atomic E-state index is 12.2. The first-order valence-corrected chi connectivity index (χ1v) is 6.44. The van der Waals surface area contributed by atoms with Gasteiger partial charge in [0.15, 0.2) is 0 Å². The third-order valence-electron chi connectivity index (χ3n) is 3.52. The van der Waals surface area contributed by atoms with E-state index < -0.39 is 0 Å². The van der Waals surface area contributed by atoms with E-state index in [0.717, 1.165) is 28.1 Å². The van der Waals surface area contributed by atoms with Crippen LogP contribution in [0, 0.1) is 0 Å². The maximum atomic E-state index is 12.2. The highest BCUT2D eigenvalue weighted by atomic mass is 16.5. The van der Waals surface area contributed by atoms with Gasteiger partial charge in [0.25, 0.3) is 5.91 Å². The average molecular weight is 265 g/mol. The van der Waals surface area contributed by atoms with Crippen molar-refractivity contribution in [2.75, 3.05) is 14.2 Å². The minimum Gasteiger partial charge on any atom is -0.497 e. The molecule has 0 fully saturated rings. The Morgan fingerprint density at radius 1 is 1.00 bits per heavy atom. The fourth-order valence-corrected chi connectivity index (χ4v) is 2.40. The van der Waals surface area contributed by atoms with E-state index in [1.807, 2.05) is 54.6 Å². The Morgan fingerprint density at radius 3 is 2.30 bits per heavy atom. The van der Waals surface area contributed by atoms with Crippen LogP contribution in [0.25, 0.3) is 11.8 Å². The molecule has 0 atom stereocenters. The molecule has 2 aromatic carbocycles. The van der Waals surface area contributed by atoms with Crippen molar-refractivity contribution >= 4 is 17.7 Å². The minimum atomic E-state index is 0.0420. The molecule has 3 rings (SSSR count). The second kappa shape index (κ2) is 4.85. The number of fused-ring (bicyclic) bond motifs is 1. The number of ether oxygens (including phenoxy) is 1. The van der Waals surface area contributed by atoms with E-state index in [4.69, 9.17) is 4.74 Å². The highest BCUT2D eigenvalue weighted by Gasteiger charge is 2.28. The van der Waals surface area contributed by atoms with Gasteiger partial charge in [0.05, 0.1) is 12.8 Å². The van der Waals surface area contributed by atoms with E-state index >= 15 is 0 Å². The van der Waals surface area contributed by atoms with E-state index in [1.54, 1.807) is 19.1 Å². The van der Waals surface area contributed by atoms with Gasteiger partial charge in [0.1, 0.15) is 5.75 Å². The summed E-state index contributed by atoms with van der Waals surface area (Å²) in [6.07, 6.45) is 2.02. The number of nitrogens with zero attached hydrogens (tertiary/aromatic N) is 1. The van der Waals surface area contributed by atoms with Gasteiger partial charge in [-0.15, -0.1) is 0 Å². The van der Waals surface area contributed by atoms with Gasteiger partial charge in [0.2, 0.25) is 0 Å². The zero-order valence-corrected chi connectivity index (χ0v) is 11.5. The molecule has 3 nitrogen and oxygen atoms in total. The standard InChI is InChI=1S/C17H15NO2/c1-18-16(11-12-7-9-13(20-2)10-8-12)14-5-3-4-6-15(14)17(18)19/h3-11H,1-2H3/b16-11+. The van der Waals surface area contributed by atoms with Crippen molar-refractivity contribution in [3.05, 3.63) is 65.2 Å². The molecule has 20 heavy (non-hydrogen) atoms. The van der Waals surface area contributed by atoms with Crippen molar-refractivity contribution in [1.82, 2.24) is 4.90 Å². The molecule has 0 saturated carbocycles. The number of benzene rings is 2. The summed E-state index contributed by atoms with van der Waals surface area (Å²) in [5.41, 5.74) is 3.71. The molecular formula is C17H15NO2. The highest BCUT2D eigenvalue weighted by molar-refractivity contribution is 6.11. The van der Waals surface area contributed by atoms with Gasteiger partial charge in [-0.1, -0.05) is 30.3 Å². The molecule has 0 N–H and O–H groups in total. The lowest BCUT2D eigenvalue weighted by Gasteiger charge is -2.11. The molecular weight excluding hydrogens is 250 g/mol. The summed E-state index contributed by atoms with van der Waals surface area (Å²) in [5.74, 6) is 0.865. The first-order valence-electron chi connectivity index (χ1n) is 6.44. The highest BCUT2D eigenvalue weighted by Crippen LogP contribution is 2.32. The Morgan fingerprint density at radius 2 is 1.65 bits per heavy atom. The Labute approximate surface area is 118 Å². The van der Waals surface area contributed by atoms with Crippen LogP contribution in [-0.4, -0.2) is 25.0 Å². The van der Waals surface area contributed by atoms with Crippen LogP contribution in [0.4, 0.5) is 0 Å². The lowest BCUT2D eigenvalue weighted by Crippen LogP contribution is -2.16.